The molecule has 36 heavy (non-hydrogen) atoms. The highest BCUT2D eigenvalue weighted by molar-refractivity contribution is 6.21. The fourth-order valence-electron chi connectivity index (χ4n) is 5.28. The zero-order valence-corrected chi connectivity index (χ0v) is 19.5. The zero-order chi connectivity index (χ0) is 28.2. The Bertz CT molecular complexity index is 2060. The van der Waals surface area contributed by atoms with Crippen LogP contribution in [0.25, 0.3) is 65.7 Å². The second-order valence-electron chi connectivity index (χ2n) is 8.98. The summed E-state index contributed by atoms with van der Waals surface area (Å²) in [5.74, 6) is 0. The lowest BCUT2D eigenvalue weighted by molar-refractivity contribution is 1.62. The lowest BCUT2D eigenvalue weighted by Gasteiger charge is -2.18. The molecule has 0 heterocycles. The molecule has 7 aromatic carbocycles. The Morgan fingerprint density at radius 2 is 0.833 bits per heavy atom. The minimum absolute atomic E-state index is 0.196. The Morgan fingerprint density at radius 1 is 0.361 bits per heavy atom. The normalized spacial score (nSPS) is 13.3. The first-order valence-corrected chi connectivity index (χ1v) is 12.0. The molecule has 0 aromatic heterocycles. The monoisotopic (exact) mass is 461 g/mol. The van der Waals surface area contributed by atoms with Gasteiger partial charge in [0.2, 0.25) is 0 Å². The van der Waals surface area contributed by atoms with E-state index in [2.05, 4.69) is 66.7 Å². The smallest absolute Gasteiger partial charge is 0.0622 e. The van der Waals surface area contributed by atoms with Gasteiger partial charge in [0.1, 0.15) is 0 Å². The topological polar surface area (TPSA) is 0 Å². The first-order chi connectivity index (χ1) is 19.9. The van der Waals surface area contributed by atoms with Crippen molar-refractivity contribution in [3.8, 4) is 33.4 Å². The lowest BCUT2D eigenvalue weighted by atomic mass is 9.86. The van der Waals surface area contributed by atoms with Crippen LogP contribution in [0, 0.1) is 0 Å². The van der Waals surface area contributed by atoms with Crippen LogP contribution >= 0.6 is 0 Å². The van der Waals surface area contributed by atoms with E-state index in [0.717, 1.165) is 43.8 Å². The molecular weight excluding hydrogens is 432 g/mol. The van der Waals surface area contributed by atoms with Gasteiger partial charge in [0.05, 0.1) is 6.85 Å². The van der Waals surface area contributed by atoms with Crippen molar-refractivity contribution < 1.29 is 6.85 Å². The summed E-state index contributed by atoms with van der Waals surface area (Å²) in [5, 5.41) is 6.04. The molecule has 0 heteroatoms. The van der Waals surface area contributed by atoms with Crippen molar-refractivity contribution in [3.05, 3.63) is 145 Å². The molecule has 0 saturated carbocycles. The fourth-order valence-corrected chi connectivity index (χ4v) is 5.28. The summed E-state index contributed by atoms with van der Waals surface area (Å²) in [6, 6.07) is 37.9. The van der Waals surface area contributed by atoms with Crippen LogP contribution in [0.15, 0.2) is 145 Å². The van der Waals surface area contributed by atoms with Gasteiger partial charge in [0.25, 0.3) is 0 Å². The van der Waals surface area contributed by atoms with Gasteiger partial charge in [-0.15, -0.1) is 0 Å². The standard InChI is InChI=1S/C36H24/c1-2-11-27(12-3-1)35-31-14-6-8-16-33(31)36(34-17-9-7-15-32(34)35)28-21-18-26(19-22-28)30-23-20-25-10-4-5-13-29(25)24-30/h1-24H/i1D,2D,3D,11D,12D. The summed E-state index contributed by atoms with van der Waals surface area (Å²) in [6.45, 7) is 0. The van der Waals surface area contributed by atoms with E-state index < -0.39 is 0 Å². The first kappa shape index (κ1) is 16.1. The Morgan fingerprint density at radius 3 is 1.44 bits per heavy atom. The first-order valence-electron chi connectivity index (χ1n) is 14.5. The molecule has 0 bridgehead atoms. The lowest BCUT2D eigenvalue weighted by Crippen LogP contribution is -1.90. The molecule has 0 amide bonds. The van der Waals surface area contributed by atoms with Crippen molar-refractivity contribution in [2.45, 2.75) is 0 Å². The van der Waals surface area contributed by atoms with Gasteiger partial charge in [-0.1, -0.05) is 139 Å². The van der Waals surface area contributed by atoms with E-state index in [1.54, 1.807) is 0 Å². The number of fused-ring (bicyclic) bond motifs is 3. The molecule has 0 unspecified atom stereocenters. The molecule has 0 spiro atoms. The van der Waals surface area contributed by atoms with Gasteiger partial charge in [-0.2, -0.15) is 0 Å². The van der Waals surface area contributed by atoms with Crippen LogP contribution in [-0.4, -0.2) is 0 Å². The van der Waals surface area contributed by atoms with E-state index in [0.29, 0.717) is 5.56 Å². The van der Waals surface area contributed by atoms with Crippen molar-refractivity contribution in [2.75, 3.05) is 0 Å². The van der Waals surface area contributed by atoms with Gasteiger partial charge in [-0.05, 0) is 71.8 Å². The van der Waals surface area contributed by atoms with E-state index in [9.17, 15) is 0 Å². The molecule has 0 aliphatic rings. The average Bonchev–Trinajstić information content (AvgIpc) is 3.02. The van der Waals surface area contributed by atoms with E-state index in [1.807, 2.05) is 48.5 Å². The quantitative estimate of drug-likeness (QED) is 0.230. The second-order valence-corrected chi connectivity index (χ2v) is 8.98. The molecule has 0 saturated heterocycles. The van der Waals surface area contributed by atoms with Gasteiger partial charge in [-0.3, -0.25) is 0 Å². The van der Waals surface area contributed by atoms with Crippen LogP contribution in [0.1, 0.15) is 6.85 Å². The van der Waals surface area contributed by atoms with Gasteiger partial charge in [0.15, 0.2) is 0 Å². The summed E-state index contributed by atoms with van der Waals surface area (Å²) < 4.78 is 42.2. The molecule has 7 rings (SSSR count). The minimum Gasteiger partial charge on any atom is -0.0622 e. The Hall–Kier alpha value is -4.68. The van der Waals surface area contributed by atoms with Crippen molar-refractivity contribution >= 4 is 32.3 Å². The minimum atomic E-state index is -0.388. The molecule has 0 radical (unpaired) electrons. The second kappa shape index (κ2) is 8.52. The molecular formula is C36H24. The van der Waals surface area contributed by atoms with Crippen molar-refractivity contribution in [1.29, 1.82) is 0 Å². The van der Waals surface area contributed by atoms with Crippen molar-refractivity contribution in [3.63, 3.8) is 0 Å². The van der Waals surface area contributed by atoms with E-state index >= 15 is 0 Å². The highest BCUT2D eigenvalue weighted by Crippen LogP contribution is 2.43. The number of hydrogen-bond donors (Lipinski definition) is 0. The van der Waals surface area contributed by atoms with Gasteiger partial charge in [-0.25, -0.2) is 0 Å². The van der Waals surface area contributed by atoms with Crippen molar-refractivity contribution in [1.82, 2.24) is 0 Å². The van der Waals surface area contributed by atoms with Crippen molar-refractivity contribution in [2.24, 2.45) is 0 Å². The number of benzene rings is 7. The van der Waals surface area contributed by atoms with Crippen LogP contribution in [0.4, 0.5) is 0 Å². The predicted octanol–water partition coefficient (Wildman–Crippen LogP) is 10.1. The van der Waals surface area contributed by atoms with Gasteiger partial charge >= 0.3 is 0 Å². The molecule has 0 atom stereocenters. The van der Waals surface area contributed by atoms with Gasteiger partial charge < -0.3 is 0 Å². The summed E-state index contributed by atoms with van der Waals surface area (Å²) in [6.07, 6.45) is 0. The number of hydrogen-bond acceptors (Lipinski definition) is 0. The summed E-state index contributed by atoms with van der Waals surface area (Å²) in [5.41, 5.74) is 5.27. The van der Waals surface area contributed by atoms with E-state index in [4.69, 9.17) is 6.85 Å². The molecule has 0 N–H and O–H groups in total. The molecule has 7 aromatic rings. The summed E-state index contributed by atoms with van der Waals surface area (Å²) >= 11 is 0. The SMILES string of the molecule is [2H]c1c([2H])c([2H])c(-c2c3ccccc3c(-c3ccc(-c4ccc5ccccc5c4)cc3)c3ccccc23)c([2H])c1[2H]. The molecule has 0 aliphatic carbocycles. The summed E-state index contributed by atoms with van der Waals surface area (Å²) in [4.78, 5) is 0. The van der Waals surface area contributed by atoms with Crippen LogP contribution in [-0.2, 0) is 0 Å². The fraction of sp³-hybridized carbons (Fsp3) is 0. The maximum Gasteiger partial charge on any atom is 0.0629 e. The Kier molecular flexibility index (Phi) is 3.80. The number of rotatable bonds is 3. The summed E-state index contributed by atoms with van der Waals surface area (Å²) in [7, 11) is 0. The Balaban J connectivity index is 1.48. The van der Waals surface area contributed by atoms with Crippen LogP contribution < -0.4 is 0 Å². The van der Waals surface area contributed by atoms with Crippen LogP contribution in [0.3, 0.4) is 0 Å². The third-order valence-electron chi connectivity index (χ3n) is 6.94. The highest BCUT2D eigenvalue weighted by Gasteiger charge is 2.16. The molecule has 0 fully saturated rings. The van der Waals surface area contributed by atoms with E-state index in [1.165, 1.54) is 10.8 Å². The molecule has 0 nitrogen and oxygen atoms in total. The predicted molar refractivity (Wildman–Crippen MR) is 155 cm³/mol. The molecule has 168 valence electrons. The third-order valence-corrected chi connectivity index (χ3v) is 6.94. The van der Waals surface area contributed by atoms with E-state index in [-0.39, 0.29) is 35.8 Å². The highest BCUT2D eigenvalue weighted by atomic mass is 14.2. The third kappa shape index (κ3) is 3.39. The van der Waals surface area contributed by atoms with Gasteiger partial charge in [0, 0.05) is 0 Å². The largest absolute Gasteiger partial charge is 0.0629 e. The van der Waals surface area contributed by atoms with Crippen LogP contribution in [0.2, 0.25) is 0 Å². The average molecular weight is 462 g/mol. The molecule has 0 aliphatic heterocycles. The maximum atomic E-state index is 8.72. The van der Waals surface area contributed by atoms with Crippen LogP contribution in [0.5, 0.6) is 0 Å². The Labute approximate surface area is 218 Å². The zero-order valence-electron chi connectivity index (χ0n) is 24.5. The maximum absolute atomic E-state index is 8.72.